The van der Waals surface area contributed by atoms with Crippen molar-refractivity contribution in [2.45, 2.75) is 51.4 Å². The van der Waals surface area contributed by atoms with E-state index in [0.717, 1.165) is 32.4 Å². The first kappa shape index (κ1) is 10.6. The lowest BCUT2D eigenvalue weighted by atomic mass is 10.2. The zero-order valence-corrected chi connectivity index (χ0v) is 9.19. The Bertz CT molecular complexity index is 311. The monoisotopic (exact) mass is 209 g/mol. The molecule has 0 radical (unpaired) electrons. The molecule has 0 spiro atoms. The zero-order chi connectivity index (χ0) is 10.7. The van der Waals surface area contributed by atoms with Crippen LogP contribution in [0.2, 0.25) is 0 Å². The van der Waals surface area contributed by atoms with Crippen LogP contribution >= 0.6 is 0 Å². The Hall–Kier alpha value is -0.870. The third kappa shape index (κ3) is 2.58. The van der Waals surface area contributed by atoms with Crippen LogP contribution in [0.25, 0.3) is 0 Å². The highest BCUT2D eigenvalue weighted by Gasteiger charge is 2.24. The number of aromatic nitrogens is 2. The Morgan fingerprint density at radius 3 is 3.07 bits per heavy atom. The van der Waals surface area contributed by atoms with E-state index in [2.05, 4.69) is 17.3 Å². The van der Waals surface area contributed by atoms with E-state index in [4.69, 9.17) is 0 Å². The molecule has 2 rings (SSSR count). The third-order valence-corrected chi connectivity index (χ3v) is 3.06. The molecule has 2 unspecified atom stereocenters. The van der Waals surface area contributed by atoms with Gasteiger partial charge in [0.05, 0.1) is 12.3 Å². The Labute approximate surface area is 90.3 Å². The van der Waals surface area contributed by atoms with Crippen molar-refractivity contribution in [2.75, 3.05) is 0 Å². The fourth-order valence-electron chi connectivity index (χ4n) is 2.10. The summed E-state index contributed by atoms with van der Waals surface area (Å²) in [6, 6.07) is 0.273. The molecular formula is C11H19N3O. The lowest BCUT2D eigenvalue weighted by Gasteiger charge is -2.15. The van der Waals surface area contributed by atoms with Gasteiger partial charge in [-0.2, -0.15) is 5.10 Å². The molecule has 1 aliphatic carbocycles. The van der Waals surface area contributed by atoms with E-state index in [1.807, 2.05) is 17.1 Å². The molecular weight excluding hydrogens is 190 g/mol. The first-order chi connectivity index (χ1) is 7.29. The molecule has 1 aromatic rings. The molecule has 0 aliphatic heterocycles. The fraction of sp³-hybridized carbons (Fsp3) is 0.727. The molecule has 0 aromatic carbocycles. The van der Waals surface area contributed by atoms with Crippen LogP contribution in [0.5, 0.6) is 0 Å². The van der Waals surface area contributed by atoms with Crippen molar-refractivity contribution in [1.82, 2.24) is 15.1 Å². The summed E-state index contributed by atoms with van der Waals surface area (Å²) in [4.78, 5) is 0. The van der Waals surface area contributed by atoms with Crippen LogP contribution in [0.4, 0.5) is 0 Å². The molecule has 84 valence electrons. The second-order valence-electron chi connectivity index (χ2n) is 4.19. The molecule has 1 fully saturated rings. The highest BCUT2D eigenvalue weighted by atomic mass is 16.3. The van der Waals surface area contributed by atoms with E-state index in [1.54, 1.807) is 0 Å². The van der Waals surface area contributed by atoms with Crippen LogP contribution in [0, 0.1) is 0 Å². The third-order valence-electron chi connectivity index (χ3n) is 3.06. The zero-order valence-electron chi connectivity index (χ0n) is 9.19. The molecule has 4 nitrogen and oxygen atoms in total. The normalized spacial score (nSPS) is 26.0. The van der Waals surface area contributed by atoms with Gasteiger partial charge in [-0.15, -0.1) is 0 Å². The van der Waals surface area contributed by atoms with Crippen LogP contribution < -0.4 is 5.32 Å². The van der Waals surface area contributed by atoms with Gasteiger partial charge in [0, 0.05) is 30.9 Å². The summed E-state index contributed by atoms with van der Waals surface area (Å²) in [6.07, 6.45) is 6.93. The Kier molecular flexibility index (Phi) is 3.38. The number of hydrogen-bond acceptors (Lipinski definition) is 3. The van der Waals surface area contributed by atoms with Crippen LogP contribution in [-0.2, 0) is 13.1 Å². The van der Waals surface area contributed by atoms with Crippen LogP contribution in [-0.4, -0.2) is 27.0 Å². The van der Waals surface area contributed by atoms with Gasteiger partial charge in [-0.1, -0.05) is 0 Å². The Morgan fingerprint density at radius 1 is 1.60 bits per heavy atom. The summed E-state index contributed by atoms with van der Waals surface area (Å²) in [7, 11) is 0. The number of nitrogens with zero attached hydrogens (tertiary/aromatic N) is 2. The van der Waals surface area contributed by atoms with Crippen molar-refractivity contribution >= 4 is 0 Å². The molecule has 0 bridgehead atoms. The standard InChI is InChI=1S/C11H19N3O/c1-2-14-8-9(7-13-14)6-12-10-4-3-5-11(10)15/h7-8,10-12,15H,2-6H2,1H3. The quantitative estimate of drug-likeness (QED) is 0.775. The van der Waals surface area contributed by atoms with Crippen LogP contribution in [0.3, 0.4) is 0 Å². The van der Waals surface area contributed by atoms with Gasteiger partial charge < -0.3 is 10.4 Å². The van der Waals surface area contributed by atoms with E-state index in [0.29, 0.717) is 0 Å². The number of aliphatic hydroxyl groups excluding tert-OH is 1. The summed E-state index contributed by atoms with van der Waals surface area (Å²) in [5, 5.41) is 17.2. The van der Waals surface area contributed by atoms with Crippen molar-refractivity contribution in [3.63, 3.8) is 0 Å². The smallest absolute Gasteiger partial charge is 0.0693 e. The van der Waals surface area contributed by atoms with Gasteiger partial charge in [0.1, 0.15) is 0 Å². The van der Waals surface area contributed by atoms with Gasteiger partial charge in [0.15, 0.2) is 0 Å². The first-order valence-electron chi connectivity index (χ1n) is 5.72. The van der Waals surface area contributed by atoms with E-state index in [1.165, 1.54) is 5.56 Å². The highest BCUT2D eigenvalue weighted by Crippen LogP contribution is 2.19. The van der Waals surface area contributed by atoms with E-state index < -0.39 is 0 Å². The number of rotatable bonds is 4. The van der Waals surface area contributed by atoms with Gasteiger partial charge in [0.25, 0.3) is 0 Å². The SMILES string of the molecule is CCn1cc(CNC2CCCC2O)cn1. The average Bonchev–Trinajstić information content (AvgIpc) is 2.84. The Morgan fingerprint density at radius 2 is 2.47 bits per heavy atom. The van der Waals surface area contributed by atoms with Crippen LogP contribution in [0.1, 0.15) is 31.7 Å². The molecule has 2 atom stereocenters. The summed E-state index contributed by atoms with van der Waals surface area (Å²) < 4.78 is 1.92. The second-order valence-corrected chi connectivity index (χ2v) is 4.19. The fourth-order valence-corrected chi connectivity index (χ4v) is 2.10. The molecule has 1 aliphatic rings. The molecule has 15 heavy (non-hydrogen) atoms. The molecule has 1 saturated carbocycles. The van der Waals surface area contributed by atoms with E-state index in [9.17, 15) is 5.11 Å². The van der Waals surface area contributed by atoms with Gasteiger partial charge in [-0.05, 0) is 26.2 Å². The van der Waals surface area contributed by atoms with Crippen LogP contribution in [0.15, 0.2) is 12.4 Å². The topological polar surface area (TPSA) is 50.1 Å². The maximum atomic E-state index is 9.64. The molecule has 2 N–H and O–H groups in total. The van der Waals surface area contributed by atoms with Gasteiger partial charge in [0.2, 0.25) is 0 Å². The predicted octanol–water partition coefficient (Wildman–Crippen LogP) is 0.906. The summed E-state index contributed by atoms with van der Waals surface area (Å²) in [5.41, 5.74) is 1.19. The first-order valence-corrected chi connectivity index (χ1v) is 5.72. The molecule has 0 saturated heterocycles. The Balaban J connectivity index is 1.82. The van der Waals surface area contributed by atoms with Crippen molar-refractivity contribution in [1.29, 1.82) is 0 Å². The minimum atomic E-state index is -0.161. The lowest BCUT2D eigenvalue weighted by Crippen LogP contribution is -2.34. The van der Waals surface area contributed by atoms with E-state index >= 15 is 0 Å². The maximum absolute atomic E-state index is 9.64. The molecule has 4 heteroatoms. The number of nitrogens with one attached hydrogen (secondary N) is 1. The molecule has 1 aromatic heterocycles. The minimum absolute atomic E-state index is 0.161. The average molecular weight is 209 g/mol. The largest absolute Gasteiger partial charge is 0.392 e. The van der Waals surface area contributed by atoms with Gasteiger partial charge in [-0.3, -0.25) is 4.68 Å². The lowest BCUT2D eigenvalue weighted by molar-refractivity contribution is 0.148. The van der Waals surface area contributed by atoms with Crippen molar-refractivity contribution in [3.05, 3.63) is 18.0 Å². The minimum Gasteiger partial charge on any atom is -0.392 e. The van der Waals surface area contributed by atoms with Gasteiger partial charge >= 0.3 is 0 Å². The van der Waals surface area contributed by atoms with Crippen molar-refractivity contribution in [3.8, 4) is 0 Å². The van der Waals surface area contributed by atoms with Crippen molar-refractivity contribution < 1.29 is 5.11 Å². The highest BCUT2D eigenvalue weighted by molar-refractivity contribution is 5.04. The molecule has 1 heterocycles. The second kappa shape index (κ2) is 4.77. The summed E-state index contributed by atoms with van der Waals surface area (Å²) in [5.74, 6) is 0. The predicted molar refractivity (Wildman–Crippen MR) is 58.4 cm³/mol. The summed E-state index contributed by atoms with van der Waals surface area (Å²) >= 11 is 0. The van der Waals surface area contributed by atoms with Crippen molar-refractivity contribution in [2.24, 2.45) is 0 Å². The number of hydrogen-bond donors (Lipinski definition) is 2. The van der Waals surface area contributed by atoms with E-state index in [-0.39, 0.29) is 12.1 Å². The maximum Gasteiger partial charge on any atom is 0.0693 e. The molecule has 0 amide bonds. The number of aryl methyl sites for hydroxylation is 1. The summed E-state index contributed by atoms with van der Waals surface area (Å²) in [6.45, 7) is 3.79. The number of aliphatic hydroxyl groups is 1. The van der Waals surface area contributed by atoms with Gasteiger partial charge in [-0.25, -0.2) is 0 Å².